The molecule has 2 aromatic carbocycles. The van der Waals surface area contributed by atoms with E-state index in [1.165, 1.54) is 6.92 Å². The lowest BCUT2D eigenvalue weighted by Crippen LogP contribution is -2.53. The second kappa shape index (κ2) is 6.97. The normalized spacial score (nSPS) is 20.3. The molecular formula is C20H21NO3. The van der Waals surface area contributed by atoms with Crippen molar-refractivity contribution in [3.63, 3.8) is 0 Å². The van der Waals surface area contributed by atoms with E-state index in [9.17, 15) is 9.59 Å². The van der Waals surface area contributed by atoms with Crippen LogP contribution in [0.3, 0.4) is 0 Å². The summed E-state index contributed by atoms with van der Waals surface area (Å²) in [7, 11) is 0. The zero-order valence-corrected chi connectivity index (χ0v) is 13.7. The minimum atomic E-state index is -1.23. The largest absolute Gasteiger partial charge is 0.436 e. The first kappa shape index (κ1) is 16.4. The Morgan fingerprint density at radius 1 is 1.04 bits per heavy atom. The molecule has 24 heavy (non-hydrogen) atoms. The summed E-state index contributed by atoms with van der Waals surface area (Å²) in [5.74, 6) is -0.507. The Morgan fingerprint density at radius 3 is 2.00 bits per heavy atom. The Bertz CT molecular complexity index is 675. The molecule has 0 heterocycles. The Morgan fingerprint density at radius 2 is 1.58 bits per heavy atom. The lowest BCUT2D eigenvalue weighted by atomic mass is 9.96. The predicted octanol–water partition coefficient (Wildman–Crippen LogP) is 3.38. The number of nitrogens with one attached hydrogen (secondary N) is 1. The van der Waals surface area contributed by atoms with E-state index in [-0.39, 0.29) is 11.8 Å². The highest BCUT2D eigenvalue weighted by molar-refractivity contribution is 5.91. The minimum absolute atomic E-state index is 0.0606. The summed E-state index contributed by atoms with van der Waals surface area (Å²) in [4.78, 5) is 24.1. The van der Waals surface area contributed by atoms with Gasteiger partial charge in [0.2, 0.25) is 5.72 Å². The number of carbonyl (C=O) groups excluding carboxylic acids is 2. The number of rotatable bonds is 5. The van der Waals surface area contributed by atoms with Crippen LogP contribution in [0, 0.1) is 0 Å². The van der Waals surface area contributed by atoms with E-state index in [1.807, 2.05) is 60.7 Å². The number of benzene rings is 2. The molecule has 1 atom stereocenters. The van der Waals surface area contributed by atoms with E-state index < -0.39 is 11.7 Å². The SMILES string of the molecule is CC(=O)O[C@@]1(NC(c2ccccc2)c2ccccc2)CCCC1=O. The van der Waals surface area contributed by atoms with Gasteiger partial charge in [0.15, 0.2) is 5.78 Å². The molecule has 0 saturated heterocycles. The highest BCUT2D eigenvalue weighted by Crippen LogP contribution is 2.33. The van der Waals surface area contributed by atoms with E-state index in [0.717, 1.165) is 17.5 Å². The number of carbonyl (C=O) groups is 2. The van der Waals surface area contributed by atoms with Crippen molar-refractivity contribution >= 4 is 11.8 Å². The molecule has 2 aromatic rings. The summed E-state index contributed by atoms with van der Waals surface area (Å²) in [6, 6.07) is 19.5. The van der Waals surface area contributed by atoms with Crippen molar-refractivity contribution in [2.45, 2.75) is 38.0 Å². The number of hydrogen-bond acceptors (Lipinski definition) is 4. The molecule has 0 spiro atoms. The zero-order valence-electron chi connectivity index (χ0n) is 13.7. The summed E-state index contributed by atoms with van der Waals surface area (Å²) in [5.41, 5.74) is 0.812. The Hall–Kier alpha value is -2.46. The van der Waals surface area contributed by atoms with Gasteiger partial charge in [0.1, 0.15) is 0 Å². The van der Waals surface area contributed by atoms with Gasteiger partial charge in [-0.1, -0.05) is 60.7 Å². The van der Waals surface area contributed by atoms with Gasteiger partial charge in [-0.3, -0.25) is 14.9 Å². The van der Waals surface area contributed by atoms with Crippen LogP contribution in [0.1, 0.15) is 43.4 Å². The van der Waals surface area contributed by atoms with Gasteiger partial charge >= 0.3 is 5.97 Å². The molecule has 3 rings (SSSR count). The third-order valence-corrected chi connectivity index (χ3v) is 4.34. The molecule has 1 aliphatic carbocycles. The molecule has 0 aliphatic heterocycles. The zero-order chi connectivity index (χ0) is 17.0. The van der Waals surface area contributed by atoms with Crippen molar-refractivity contribution in [3.8, 4) is 0 Å². The first-order valence-electron chi connectivity index (χ1n) is 8.21. The Kier molecular flexibility index (Phi) is 4.76. The average Bonchev–Trinajstić information content (AvgIpc) is 2.94. The maximum Gasteiger partial charge on any atom is 0.304 e. The van der Waals surface area contributed by atoms with Crippen LogP contribution in [0.5, 0.6) is 0 Å². The highest BCUT2D eigenvalue weighted by Gasteiger charge is 2.46. The second-order valence-corrected chi connectivity index (χ2v) is 6.10. The van der Waals surface area contributed by atoms with Crippen LogP contribution in [0.2, 0.25) is 0 Å². The molecule has 4 heteroatoms. The van der Waals surface area contributed by atoms with Crippen LogP contribution in [0.4, 0.5) is 0 Å². The monoisotopic (exact) mass is 323 g/mol. The summed E-state index contributed by atoms with van der Waals surface area (Å²) in [5, 5.41) is 3.35. The van der Waals surface area contributed by atoms with Gasteiger partial charge in [0.05, 0.1) is 6.04 Å². The van der Waals surface area contributed by atoms with Crippen LogP contribution in [0.15, 0.2) is 60.7 Å². The molecule has 0 bridgehead atoms. The van der Waals surface area contributed by atoms with E-state index in [4.69, 9.17) is 4.74 Å². The van der Waals surface area contributed by atoms with E-state index >= 15 is 0 Å². The van der Waals surface area contributed by atoms with Gasteiger partial charge in [0.25, 0.3) is 0 Å². The molecule has 0 aromatic heterocycles. The molecule has 0 amide bonds. The molecule has 1 fully saturated rings. The minimum Gasteiger partial charge on any atom is -0.436 e. The maximum absolute atomic E-state index is 12.5. The maximum atomic E-state index is 12.5. The molecule has 124 valence electrons. The van der Waals surface area contributed by atoms with Gasteiger partial charge in [0, 0.05) is 19.8 Å². The van der Waals surface area contributed by atoms with Crippen molar-refractivity contribution in [1.29, 1.82) is 0 Å². The van der Waals surface area contributed by atoms with Crippen molar-refractivity contribution in [2.24, 2.45) is 0 Å². The highest BCUT2D eigenvalue weighted by atomic mass is 16.6. The van der Waals surface area contributed by atoms with Gasteiger partial charge in [-0.25, -0.2) is 0 Å². The average molecular weight is 323 g/mol. The molecule has 0 radical (unpaired) electrons. The first-order chi connectivity index (χ1) is 11.6. The van der Waals surface area contributed by atoms with Crippen LogP contribution in [-0.2, 0) is 14.3 Å². The second-order valence-electron chi connectivity index (χ2n) is 6.10. The molecule has 1 saturated carbocycles. The van der Waals surface area contributed by atoms with Crippen LogP contribution < -0.4 is 5.32 Å². The van der Waals surface area contributed by atoms with E-state index in [2.05, 4.69) is 5.32 Å². The quantitative estimate of drug-likeness (QED) is 0.677. The van der Waals surface area contributed by atoms with Crippen molar-refractivity contribution in [3.05, 3.63) is 71.8 Å². The Labute approximate surface area is 141 Å². The Balaban J connectivity index is 1.99. The van der Waals surface area contributed by atoms with E-state index in [0.29, 0.717) is 12.8 Å². The topological polar surface area (TPSA) is 55.4 Å². The fraction of sp³-hybridized carbons (Fsp3) is 0.300. The van der Waals surface area contributed by atoms with Gasteiger partial charge < -0.3 is 4.74 Å². The molecule has 1 N–H and O–H groups in total. The fourth-order valence-corrected chi connectivity index (χ4v) is 3.26. The summed E-state index contributed by atoms with van der Waals surface area (Å²) < 4.78 is 5.48. The summed E-state index contributed by atoms with van der Waals surface area (Å²) in [6.07, 6.45) is 1.65. The number of hydrogen-bond donors (Lipinski definition) is 1. The standard InChI is InChI=1S/C20H21NO3/c1-15(22)24-20(14-8-13-18(20)23)21-19(16-9-4-2-5-10-16)17-11-6-3-7-12-17/h2-7,9-12,19,21H,8,13-14H2,1H3/t20-/m0/s1. The number of Topliss-reactive ketones (excluding diaryl/α,β-unsaturated/α-hetero) is 1. The van der Waals surface area contributed by atoms with Gasteiger partial charge in [-0.2, -0.15) is 0 Å². The fourth-order valence-electron chi connectivity index (χ4n) is 3.26. The lowest BCUT2D eigenvalue weighted by Gasteiger charge is -2.33. The van der Waals surface area contributed by atoms with E-state index in [1.54, 1.807) is 0 Å². The number of ether oxygens (including phenoxy) is 1. The molecule has 4 nitrogen and oxygen atoms in total. The van der Waals surface area contributed by atoms with Crippen molar-refractivity contribution in [1.82, 2.24) is 5.32 Å². The summed E-state index contributed by atoms with van der Waals surface area (Å²) >= 11 is 0. The molecule has 1 aliphatic rings. The molecular weight excluding hydrogens is 302 g/mol. The smallest absolute Gasteiger partial charge is 0.304 e. The van der Waals surface area contributed by atoms with Gasteiger partial charge in [-0.05, 0) is 17.5 Å². The van der Waals surface area contributed by atoms with Crippen LogP contribution in [-0.4, -0.2) is 17.5 Å². The van der Waals surface area contributed by atoms with Crippen LogP contribution >= 0.6 is 0 Å². The third-order valence-electron chi connectivity index (χ3n) is 4.34. The lowest BCUT2D eigenvalue weighted by molar-refractivity contribution is -0.168. The van der Waals surface area contributed by atoms with Gasteiger partial charge in [-0.15, -0.1) is 0 Å². The third kappa shape index (κ3) is 3.39. The number of ketones is 1. The first-order valence-corrected chi connectivity index (χ1v) is 8.21. The predicted molar refractivity (Wildman–Crippen MR) is 91.2 cm³/mol. The van der Waals surface area contributed by atoms with Crippen LogP contribution in [0.25, 0.3) is 0 Å². The molecule has 0 unspecified atom stereocenters. The van der Waals surface area contributed by atoms with Crippen molar-refractivity contribution in [2.75, 3.05) is 0 Å². The number of esters is 1. The summed E-state index contributed by atoms with van der Waals surface area (Å²) in [6.45, 7) is 1.34. The van der Waals surface area contributed by atoms with Crippen molar-refractivity contribution < 1.29 is 14.3 Å².